The fraction of sp³-hybridized carbons (Fsp3) is 0.179. The molecule has 10 heteroatoms. The zero-order chi connectivity index (χ0) is 26.9. The van der Waals surface area contributed by atoms with Crippen LogP contribution in [0.15, 0.2) is 89.7 Å². The van der Waals surface area contributed by atoms with Gasteiger partial charge in [0.1, 0.15) is 23.9 Å². The lowest BCUT2D eigenvalue weighted by Gasteiger charge is -2.22. The van der Waals surface area contributed by atoms with Crippen molar-refractivity contribution in [2.45, 2.75) is 25.3 Å². The topological polar surface area (TPSA) is 74.9 Å². The summed E-state index contributed by atoms with van der Waals surface area (Å²) in [6.07, 6.45) is 4.78. The van der Waals surface area contributed by atoms with Crippen molar-refractivity contribution in [3.8, 4) is 17.2 Å². The van der Waals surface area contributed by atoms with Crippen molar-refractivity contribution in [2.24, 2.45) is 4.99 Å². The average Bonchev–Trinajstić information content (AvgIpc) is 3.32. The zero-order valence-electron chi connectivity index (χ0n) is 20.3. The van der Waals surface area contributed by atoms with Crippen LogP contribution in [0.2, 0.25) is 0 Å². The number of methoxy groups -OCH3 is 1. The van der Waals surface area contributed by atoms with Crippen LogP contribution in [-0.4, -0.2) is 34.8 Å². The normalized spacial score (nSPS) is 17.9. The van der Waals surface area contributed by atoms with Gasteiger partial charge in [-0.1, -0.05) is 30.4 Å². The number of para-hydroxylation sites is 1. The number of rotatable bonds is 5. The average molecular weight is 521 g/mol. The third-order valence-electron chi connectivity index (χ3n) is 6.12. The van der Waals surface area contributed by atoms with Crippen LogP contribution in [0, 0.1) is 0 Å². The van der Waals surface area contributed by atoms with Crippen molar-refractivity contribution in [2.75, 3.05) is 7.11 Å². The summed E-state index contributed by atoms with van der Waals surface area (Å²) in [5.74, 6) is 0.163. The third-order valence-corrected chi connectivity index (χ3v) is 6.12. The molecule has 1 aromatic heterocycles. The van der Waals surface area contributed by atoms with E-state index < -0.39 is 18.6 Å². The minimum absolute atomic E-state index is 0.161. The van der Waals surface area contributed by atoms with Gasteiger partial charge in [0.15, 0.2) is 0 Å². The van der Waals surface area contributed by atoms with Gasteiger partial charge in [0.25, 0.3) is 0 Å². The number of hydrogen-bond donors (Lipinski definition) is 0. The molecule has 3 aromatic rings. The van der Waals surface area contributed by atoms with Crippen molar-refractivity contribution in [3.05, 3.63) is 102 Å². The second-order valence-corrected chi connectivity index (χ2v) is 8.55. The molecule has 0 fully saturated rings. The number of allylic oxidation sites excluding steroid dienone is 5. The van der Waals surface area contributed by atoms with Gasteiger partial charge in [0.05, 0.1) is 24.2 Å². The maximum absolute atomic E-state index is 12.5. The Balaban J connectivity index is 1.31. The van der Waals surface area contributed by atoms with Crippen LogP contribution in [0.25, 0.3) is 11.8 Å². The van der Waals surface area contributed by atoms with Gasteiger partial charge in [-0.05, 0) is 61.1 Å². The number of halogens is 3. The molecular formula is C28H22F3N3O4. The van der Waals surface area contributed by atoms with Gasteiger partial charge in [-0.25, -0.2) is 9.78 Å². The highest BCUT2D eigenvalue weighted by atomic mass is 19.4. The van der Waals surface area contributed by atoms with E-state index in [2.05, 4.69) is 14.7 Å². The minimum atomic E-state index is -4.75. The number of hydrogen-bond acceptors (Lipinski definition) is 5. The van der Waals surface area contributed by atoms with Gasteiger partial charge in [0.2, 0.25) is 0 Å². The Morgan fingerprint density at radius 1 is 1.08 bits per heavy atom. The number of fused-ring (bicyclic) bond motifs is 3. The van der Waals surface area contributed by atoms with Crippen LogP contribution in [0.1, 0.15) is 35.9 Å². The molecule has 1 amide bonds. The number of carbonyl (C=O) groups excluding carboxylic acids is 1. The number of nitrogens with zero attached hydrogens (tertiary/aromatic N) is 3. The number of amides is 1. The third kappa shape index (κ3) is 5.24. The largest absolute Gasteiger partial charge is 0.573 e. The number of carbonyl (C=O) groups is 1. The molecule has 2 aromatic carbocycles. The van der Waals surface area contributed by atoms with Crippen LogP contribution in [0.5, 0.6) is 11.5 Å². The number of ether oxygens (including phenoxy) is 3. The van der Waals surface area contributed by atoms with E-state index in [0.717, 1.165) is 22.5 Å². The van der Waals surface area contributed by atoms with Gasteiger partial charge >= 0.3 is 12.5 Å². The first-order valence-corrected chi connectivity index (χ1v) is 11.7. The predicted molar refractivity (Wildman–Crippen MR) is 135 cm³/mol. The predicted octanol–water partition coefficient (Wildman–Crippen LogP) is 6.72. The molecule has 0 bridgehead atoms. The summed E-state index contributed by atoms with van der Waals surface area (Å²) < 4.78 is 53.9. The fourth-order valence-electron chi connectivity index (χ4n) is 4.40. The van der Waals surface area contributed by atoms with Crippen molar-refractivity contribution >= 4 is 17.9 Å². The summed E-state index contributed by atoms with van der Waals surface area (Å²) in [4.78, 5) is 21.1. The van der Waals surface area contributed by atoms with Gasteiger partial charge in [-0.15, -0.1) is 13.2 Å². The van der Waals surface area contributed by atoms with Crippen LogP contribution < -0.4 is 9.47 Å². The molecule has 2 atom stereocenters. The Labute approximate surface area is 216 Å². The highest BCUT2D eigenvalue weighted by molar-refractivity contribution is 6.10. The number of benzene rings is 2. The summed E-state index contributed by atoms with van der Waals surface area (Å²) in [5, 5.41) is 0. The standard InChI is InChI=1S/C28H22F3N3O4/c1-17(22-5-3-4-6-25(22)36-2)37-27(35)33-19-8-13-23-18(15-19)7-14-24-26(23)32-16-34(24)20-9-11-21(12-10-20)38-28(29,30)31/h3-17,23H,1-2H3/b33-19-. The van der Waals surface area contributed by atoms with Gasteiger partial charge in [-0.2, -0.15) is 4.99 Å². The van der Waals surface area contributed by atoms with Crippen LogP contribution in [0.3, 0.4) is 0 Å². The van der Waals surface area contributed by atoms with E-state index >= 15 is 0 Å². The summed E-state index contributed by atoms with van der Waals surface area (Å²) in [6, 6.07) is 12.9. The van der Waals surface area contributed by atoms with Crippen molar-refractivity contribution < 1.29 is 32.2 Å². The molecule has 0 saturated heterocycles. The number of imidazole rings is 1. The molecule has 7 nitrogen and oxygen atoms in total. The monoisotopic (exact) mass is 521 g/mol. The first-order valence-electron chi connectivity index (χ1n) is 11.7. The summed E-state index contributed by atoms with van der Waals surface area (Å²) >= 11 is 0. The quantitative estimate of drug-likeness (QED) is 0.372. The summed E-state index contributed by atoms with van der Waals surface area (Å²) in [6.45, 7) is 1.75. The number of aromatic nitrogens is 2. The molecule has 2 unspecified atom stereocenters. The van der Waals surface area contributed by atoms with E-state index in [-0.39, 0.29) is 11.7 Å². The van der Waals surface area contributed by atoms with Crippen LogP contribution in [0.4, 0.5) is 18.0 Å². The Morgan fingerprint density at radius 2 is 1.84 bits per heavy atom. The van der Waals surface area contributed by atoms with E-state index in [9.17, 15) is 18.0 Å². The SMILES string of the molecule is COc1ccccc1C(C)OC(=O)/N=C1/C=CC2C(=C1)C=Cc1c2ncn1-c1ccc(OC(F)(F)F)cc1. The molecule has 2 aliphatic carbocycles. The molecule has 194 valence electrons. The molecule has 0 aliphatic heterocycles. The molecule has 38 heavy (non-hydrogen) atoms. The lowest BCUT2D eigenvalue weighted by atomic mass is 9.85. The second-order valence-electron chi connectivity index (χ2n) is 8.55. The highest BCUT2D eigenvalue weighted by Crippen LogP contribution is 2.37. The van der Waals surface area contributed by atoms with Gasteiger partial charge in [0, 0.05) is 17.2 Å². The smallest absolute Gasteiger partial charge is 0.496 e. The molecule has 0 saturated carbocycles. The summed E-state index contributed by atoms with van der Waals surface area (Å²) in [7, 11) is 1.55. The van der Waals surface area contributed by atoms with Gasteiger partial charge < -0.3 is 14.2 Å². The minimum Gasteiger partial charge on any atom is -0.496 e. The van der Waals surface area contributed by atoms with Crippen LogP contribution in [-0.2, 0) is 4.74 Å². The zero-order valence-corrected chi connectivity index (χ0v) is 20.3. The Morgan fingerprint density at radius 3 is 2.58 bits per heavy atom. The van der Waals surface area contributed by atoms with E-state index in [1.807, 2.05) is 36.4 Å². The molecule has 0 N–H and O–H groups in total. The van der Waals surface area contributed by atoms with E-state index in [1.165, 1.54) is 24.3 Å². The van der Waals surface area contributed by atoms with Crippen LogP contribution >= 0.6 is 0 Å². The number of aliphatic imine (C=N–C) groups is 1. The first-order chi connectivity index (χ1) is 18.2. The first kappa shape index (κ1) is 25.1. The molecule has 1 heterocycles. The Hall–Kier alpha value is -4.60. The summed E-state index contributed by atoms with van der Waals surface area (Å²) in [5.41, 5.74) is 4.29. The molecule has 5 rings (SSSR count). The highest BCUT2D eigenvalue weighted by Gasteiger charge is 2.31. The van der Waals surface area contributed by atoms with E-state index in [4.69, 9.17) is 9.47 Å². The maximum Gasteiger partial charge on any atom is 0.573 e. The lowest BCUT2D eigenvalue weighted by molar-refractivity contribution is -0.274. The maximum atomic E-state index is 12.5. The van der Waals surface area contributed by atoms with E-state index in [0.29, 0.717) is 17.1 Å². The molecule has 0 spiro atoms. The Bertz CT molecular complexity index is 1480. The van der Waals surface area contributed by atoms with E-state index in [1.54, 1.807) is 43.1 Å². The Kier molecular flexibility index (Phi) is 6.62. The van der Waals surface area contributed by atoms with Crippen molar-refractivity contribution in [1.29, 1.82) is 0 Å². The van der Waals surface area contributed by atoms with Crippen molar-refractivity contribution in [3.63, 3.8) is 0 Å². The van der Waals surface area contributed by atoms with Crippen molar-refractivity contribution in [1.82, 2.24) is 9.55 Å². The fourth-order valence-corrected chi connectivity index (χ4v) is 4.40. The lowest BCUT2D eigenvalue weighted by Crippen LogP contribution is -2.17. The number of alkyl halides is 3. The molecule has 2 aliphatic rings. The molecule has 0 radical (unpaired) electrons. The second kappa shape index (κ2) is 10.0. The van der Waals surface area contributed by atoms with Gasteiger partial charge in [-0.3, -0.25) is 4.57 Å². The molecular weight excluding hydrogens is 499 g/mol.